The van der Waals surface area contributed by atoms with Crippen LogP contribution in [0.4, 0.5) is 5.69 Å². The van der Waals surface area contributed by atoms with Gasteiger partial charge in [0.25, 0.3) is 5.69 Å². The molecule has 24 heavy (non-hydrogen) atoms. The van der Waals surface area contributed by atoms with Crippen molar-refractivity contribution in [3.8, 4) is 0 Å². The molecule has 0 bridgehead atoms. The molecule has 1 amide bonds. The number of rotatable bonds is 6. The number of aryl methyl sites for hydroxylation is 1. The van der Waals surface area contributed by atoms with Gasteiger partial charge in [0, 0.05) is 42.2 Å². The summed E-state index contributed by atoms with van der Waals surface area (Å²) in [6.07, 6.45) is 0.899. The predicted molar refractivity (Wildman–Crippen MR) is 94.4 cm³/mol. The van der Waals surface area contributed by atoms with Gasteiger partial charge in [0.15, 0.2) is 0 Å². The first-order valence-corrected chi connectivity index (χ1v) is 8.03. The highest BCUT2D eigenvalue weighted by molar-refractivity contribution is 6.31. The van der Waals surface area contributed by atoms with E-state index in [1.165, 1.54) is 23.1 Å². The lowest BCUT2D eigenvalue weighted by atomic mass is 10.1. The summed E-state index contributed by atoms with van der Waals surface area (Å²) in [6, 6.07) is 11.6. The van der Waals surface area contributed by atoms with Gasteiger partial charge in [0.2, 0.25) is 5.91 Å². The van der Waals surface area contributed by atoms with Gasteiger partial charge < -0.3 is 4.90 Å². The Balaban J connectivity index is 1.99. The lowest BCUT2D eigenvalue weighted by molar-refractivity contribution is -0.384. The molecule has 0 saturated carbocycles. The normalized spacial score (nSPS) is 10.5. The summed E-state index contributed by atoms with van der Waals surface area (Å²) < 4.78 is 0. The highest BCUT2D eigenvalue weighted by Crippen LogP contribution is 2.23. The van der Waals surface area contributed by atoms with Crippen LogP contribution in [0.2, 0.25) is 10.0 Å². The van der Waals surface area contributed by atoms with Gasteiger partial charge >= 0.3 is 0 Å². The number of benzene rings is 2. The van der Waals surface area contributed by atoms with Crippen molar-refractivity contribution >= 4 is 34.8 Å². The number of carbonyl (C=O) groups is 1. The Morgan fingerprint density at radius 3 is 2.62 bits per heavy atom. The SMILES string of the molecule is CN(Cc1cc([N+](=O)[O-])ccc1Cl)C(=O)CCc1cccc(Cl)c1. The average Bonchev–Trinajstić information content (AvgIpc) is 2.54. The molecule has 0 saturated heterocycles. The largest absolute Gasteiger partial charge is 0.341 e. The fourth-order valence-corrected chi connectivity index (χ4v) is 2.66. The van der Waals surface area contributed by atoms with Crippen LogP contribution >= 0.6 is 23.2 Å². The quantitative estimate of drug-likeness (QED) is 0.558. The molecule has 0 aromatic heterocycles. The number of amides is 1. The molecule has 126 valence electrons. The molecule has 2 aromatic rings. The summed E-state index contributed by atoms with van der Waals surface area (Å²) in [5.74, 6) is -0.0717. The number of hydrogen-bond acceptors (Lipinski definition) is 3. The summed E-state index contributed by atoms with van der Waals surface area (Å²) in [4.78, 5) is 24.1. The Morgan fingerprint density at radius 2 is 1.96 bits per heavy atom. The Morgan fingerprint density at radius 1 is 1.21 bits per heavy atom. The van der Waals surface area contributed by atoms with E-state index in [1.54, 1.807) is 13.1 Å². The molecule has 2 rings (SSSR count). The summed E-state index contributed by atoms with van der Waals surface area (Å²) in [7, 11) is 1.65. The average molecular weight is 367 g/mol. The van der Waals surface area contributed by atoms with E-state index in [1.807, 2.05) is 18.2 Å². The second-order valence-corrected chi connectivity index (χ2v) is 6.26. The lowest BCUT2D eigenvalue weighted by Gasteiger charge is -2.18. The molecular formula is C17H16Cl2N2O3. The van der Waals surface area contributed by atoms with E-state index in [0.29, 0.717) is 28.5 Å². The van der Waals surface area contributed by atoms with E-state index in [2.05, 4.69) is 0 Å². The topological polar surface area (TPSA) is 63.4 Å². The van der Waals surface area contributed by atoms with Crippen molar-refractivity contribution in [3.63, 3.8) is 0 Å². The van der Waals surface area contributed by atoms with E-state index < -0.39 is 4.92 Å². The van der Waals surface area contributed by atoms with Gasteiger partial charge in [-0.15, -0.1) is 0 Å². The standard InChI is InChI=1S/C17H16Cl2N2O3/c1-20(11-13-10-15(21(23)24)6-7-16(13)19)17(22)8-5-12-3-2-4-14(18)9-12/h2-4,6-7,9-10H,5,8,11H2,1H3. The zero-order chi connectivity index (χ0) is 17.7. The van der Waals surface area contributed by atoms with Gasteiger partial charge in [-0.3, -0.25) is 14.9 Å². The first-order valence-electron chi connectivity index (χ1n) is 7.28. The van der Waals surface area contributed by atoms with Crippen LogP contribution in [0.1, 0.15) is 17.5 Å². The summed E-state index contributed by atoms with van der Waals surface area (Å²) in [5.41, 5.74) is 1.48. The van der Waals surface area contributed by atoms with Crippen LogP contribution in [0, 0.1) is 10.1 Å². The maximum absolute atomic E-state index is 12.3. The van der Waals surface area contributed by atoms with Crippen molar-refractivity contribution in [2.24, 2.45) is 0 Å². The van der Waals surface area contributed by atoms with Gasteiger partial charge in [-0.2, -0.15) is 0 Å². The van der Waals surface area contributed by atoms with Crippen LogP contribution < -0.4 is 0 Å². The van der Waals surface area contributed by atoms with Gasteiger partial charge in [-0.1, -0.05) is 35.3 Å². The molecule has 0 atom stereocenters. The van der Waals surface area contributed by atoms with Gasteiger partial charge in [0.1, 0.15) is 0 Å². The molecule has 0 aliphatic carbocycles. The van der Waals surface area contributed by atoms with Crippen LogP contribution in [0.25, 0.3) is 0 Å². The number of carbonyl (C=O) groups excluding carboxylic acids is 1. The van der Waals surface area contributed by atoms with Crippen LogP contribution in [0.15, 0.2) is 42.5 Å². The molecule has 0 aliphatic heterocycles. The first kappa shape index (κ1) is 18.2. The monoisotopic (exact) mass is 366 g/mol. The van der Waals surface area contributed by atoms with E-state index in [0.717, 1.165) is 5.56 Å². The number of nitro groups is 1. The van der Waals surface area contributed by atoms with Crippen molar-refractivity contribution in [1.29, 1.82) is 0 Å². The first-order chi connectivity index (χ1) is 11.4. The third-order valence-electron chi connectivity index (χ3n) is 3.59. The Kier molecular flexibility index (Phi) is 6.17. The van der Waals surface area contributed by atoms with Crippen molar-refractivity contribution in [3.05, 3.63) is 73.8 Å². The number of halogens is 2. The minimum Gasteiger partial charge on any atom is -0.341 e. The molecule has 0 spiro atoms. The summed E-state index contributed by atoms with van der Waals surface area (Å²) in [5, 5.41) is 11.9. The van der Waals surface area contributed by atoms with E-state index in [-0.39, 0.29) is 18.1 Å². The fourth-order valence-electron chi connectivity index (χ4n) is 2.27. The lowest BCUT2D eigenvalue weighted by Crippen LogP contribution is -2.26. The Bertz CT molecular complexity index is 765. The molecular weight excluding hydrogens is 351 g/mol. The highest BCUT2D eigenvalue weighted by Gasteiger charge is 2.14. The Labute approximate surface area is 149 Å². The molecule has 2 aromatic carbocycles. The second-order valence-electron chi connectivity index (χ2n) is 5.41. The third-order valence-corrected chi connectivity index (χ3v) is 4.19. The molecule has 0 unspecified atom stereocenters. The van der Waals surface area contributed by atoms with Crippen molar-refractivity contribution in [1.82, 2.24) is 4.90 Å². The maximum atomic E-state index is 12.3. The number of nitrogens with zero attached hydrogens (tertiary/aromatic N) is 2. The number of non-ortho nitro benzene ring substituents is 1. The van der Waals surface area contributed by atoms with Crippen LogP contribution in [0.5, 0.6) is 0 Å². The minimum atomic E-state index is -0.485. The van der Waals surface area contributed by atoms with E-state index >= 15 is 0 Å². The zero-order valence-electron chi connectivity index (χ0n) is 13.0. The molecule has 0 N–H and O–H groups in total. The molecule has 5 nitrogen and oxygen atoms in total. The molecule has 0 aliphatic rings. The van der Waals surface area contributed by atoms with Crippen molar-refractivity contribution in [2.45, 2.75) is 19.4 Å². The third kappa shape index (κ3) is 4.94. The van der Waals surface area contributed by atoms with Gasteiger partial charge in [-0.25, -0.2) is 0 Å². The van der Waals surface area contributed by atoms with Crippen molar-refractivity contribution < 1.29 is 9.72 Å². The predicted octanol–water partition coefficient (Wildman–Crippen LogP) is 4.49. The maximum Gasteiger partial charge on any atom is 0.269 e. The van der Waals surface area contributed by atoms with Crippen LogP contribution in [0.3, 0.4) is 0 Å². The van der Waals surface area contributed by atoms with Gasteiger partial charge in [-0.05, 0) is 35.7 Å². The zero-order valence-corrected chi connectivity index (χ0v) is 14.5. The Hall–Kier alpha value is -2.11. The fraction of sp³-hybridized carbons (Fsp3) is 0.235. The number of nitro benzene ring substituents is 1. The van der Waals surface area contributed by atoms with Gasteiger partial charge in [0.05, 0.1) is 4.92 Å². The molecule has 0 radical (unpaired) electrons. The van der Waals surface area contributed by atoms with Crippen LogP contribution in [-0.2, 0) is 17.8 Å². The van der Waals surface area contributed by atoms with E-state index in [9.17, 15) is 14.9 Å². The van der Waals surface area contributed by atoms with E-state index in [4.69, 9.17) is 23.2 Å². The number of hydrogen-bond donors (Lipinski definition) is 0. The molecule has 0 heterocycles. The smallest absolute Gasteiger partial charge is 0.269 e. The summed E-state index contributed by atoms with van der Waals surface area (Å²) in [6.45, 7) is 0.217. The molecule has 7 heteroatoms. The second kappa shape index (κ2) is 8.13. The summed E-state index contributed by atoms with van der Waals surface area (Å²) >= 11 is 12.0. The van der Waals surface area contributed by atoms with Crippen LogP contribution in [-0.4, -0.2) is 22.8 Å². The van der Waals surface area contributed by atoms with Crippen molar-refractivity contribution in [2.75, 3.05) is 7.05 Å². The minimum absolute atomic E-state index is 0.0471. The highest BCUT2D eigenvalue weighted by atomic mass is 35.5. The molecule has 0 fully saturated rings.